The molecule has 0 aliphatic rings. The minimum absolute atomic E-state index is 0.440. The zero-order chi connectivity index (χ0) is 14.6. The van der Waals surface area contributed by atoms with Crippen LogP contribution in [-0.4, -0.2) is 24.6 Å². The average molecular weight is 313 g/mol. The van der Waals surface area contributed by atoms with Crippen LogP contribution in [0, 0.1) is 0 Å². The van der Waals surface area contributed by atoms with Crippen LogP contribution in [0.5, 0.6) is 0 Å². The second-order valence-corrected chi connectivity index (χ2v) is 6.27. The molecule has 20 heavy (non-hydrogen) atoms. The summed E-state index contributed by atoms with van der Waals surface area (Å²) in [7, 11) is -3.32. The molecule has 1 aromatic carbocycles. The summed E-state index contributed by atoms with van der Waals surface area (Å²) in [6.07, 6.45) is 5.92. The summed E-state index contributed by atoms with van der Waals surface area (Å²) in [5, 5.41) is 3.58. The molecule has 2 N–H and O–H groups in total. The van der Waals surface area contributed by atoms with E-state index in [0.29, 0.717) is 22.9 Å². The van der Waals surface area contributed by atoms with Crippen molar-refractivity contribution in [2.45, 2.75) is 6.54 Å². The second-order valence-electron chi connectivity index (χ2n) is 4.12. The minimum atomic E-state index is -3.32. The van der Waals surface area contributed by atoms with Gasteiger partial charge in [-0.3, -0.25) is 14.7 Å². The van der Waals surface area contributed by atoms with E-state index >= 15 is 0 Å². The molecular formula is C12H13ClN4O2S. The molecule has 1 heterocycles. The quantitative estimate of drug-likeness (QED) is 0.883. The first-order valence-corrected chi connectivity index (χ1v) is 7.97. The number of nitrogens with zero attached hydrogens (tertiary/aromatic N) is 2. The summed E-state index contributed by atoms with van der Waals surface area (Å²) < 4.78 is 24.8. The summed E-state index contributed by atoms with van der Waals surface area (Å²) >= 11 is 6.06. The zero-order valence-electron chi connectivity index (χ0n) is 10.7. The summed E-state index contributed by atoms with van der Waals surface area (Å²) in [5.74, 6) is 0. The number of benzene rings is 1. The molecule has 0 bridgehead atoms. The van der Waals surface area contributed by atoms with Gasteiger partial charge >= 0.3 is 0 Å². The maximum atomic E-state index is 11.2. The Labute approximate surface area is 122 Å². The van der Waals surface area contributed by atoms with Gasteiger partial charge in [0.05, 0.1) is 41.1 Å². The number of nitrogens with one attached hydrogen (secondary N) is 2. The first-order chi connectivity index (χ1) is 9.44. The molecule has 106 valence electrons. The Balaban J connectivity index is 2.13. The molecule has 0 unspecified atom stereocenters. The van der Waals surface area contributed by atoms with Gasteiger partial charge in [-0.15, -0.1) is 0 Å². The molecule has 0 saturated carbocycles. The predicted octanol–water partition coefficient (Wildman–Crippen LogP) is 2.11. The summed E-state index contributed by atoms with van der Waals surface area (Å²) in [5.41, 5.74) is 1.81. The molecule has 2 aromatic rings. The van der Waals surface area contributed by atoms with Gasteiger partial charge in [0, 0.05) is 12.4 Å². The van der Waals surface area contributed by atoms with E-state index in [0.717, 1.165) is 11.9 Å². The fourth-order valence-corrected chi connectivity index (χ4v) is 2.28. The van der Waals surface area contributed by atoms with Crippen molar-refractivity contribution >= 4 is 33.0 Å². The SMILES string of the molecule is CS(=O)(=O)Nc1ccc(Cl)c(NCc2cnccn2)c1. The monoisotopic (exact) mass is 312 g/mol. The van der Waals surface area contributed by atoms with E-state index < -0.39 is 10.0 Å². The van der Waals surface area contributed by atoms with Crippen molar-refractivity contribution in [3.63, 3.8) is 0 Å². The van der Waals surface area contributed by atoms with Crippen LogP contribution in [0.4, 0.5) is 11.4 Å². The largest absolute Gasteiger partial charge is 0.378 e. The number of halogens is 1. The van der Waals surface area contributed by atoms with E-state index in [-0.39, 0.29) is 0 Å². The lowest BCUT2D eigenvalue weighted by Gasteiger charge is -2.10. The van der Waals surface area contributed by atoms with Gasteiger partial charge in [-0.2, -0.15) is 0 Å². The third-order valence-corrected chi connectivity index (χ3v) is 3.28. The lowest BCUT2D eigenvalue weighted by molar-refractivity contribution is 0.607. The maximum Gasteiger partial charge on any atom is 0.229 e. The molecular weight excluding hydrogens is 300 g/mol. The standard InChI is InChI=1S/C12H13ClN4O2S/c1-20(18,19)17-9-2-3-11(13)12(6-9)16-8-10-7-14-4-5-15-10/h2-7,16-17H,8H2,1H3. The Hall–Kier alpha value is -1.86. The molecule has 6 nitrogen and oxygen atoms in total. The molecule has 1 aromatic heterocycles. The van der Waals surface area contributed by atoms with Crippen LogP contribution in [0.25, 0.3) is 0 Å². The van der Waals surface area contributed by atoms with Crippen molar-refractivity contribution in [2.24, 2.45) is 0 Å². The van der Waals surface area contributed by atoms with Gasteiger partial charge in [0.1, 0.15) is 0 Å². The highest BCUT2D eigenvalue weighted by Gasteiger charge is 2.06. The van der Waals surface area contributed by atoms with Gasteiger partial charge in [0.25, 0.3) is 0 Å². The van der Waals surface area contributed by atoms with Crippen LogP contribution in [0.15, 0.2) is 36.8 Å². The van der Waals surface area contributed by atoms with E-state index in [1.54, 1.807) is 36.8 Å². The molecule has 2 rings (SSSR count). The van der Waals surface area contributed by atoms with Gasteiger partial charge in [-0.25, -0.2) is 8.42 Å². The van der Waals surface area contributed by atoms with Crippen LogP contribution in [0.2, 0.25) is 5.02 Å². The molecule has 0 spiro atoms. The number of sulfonamides is 1. The number of hydrogen-bond acceptors (Lipinski definition) is 5. The molecule has 0 aliphatic carbocycles. The highest BCUT2D eigenvalue weighted by Crippen LogP contribution is 2.26. The third-order valence-electron chi connectivity index (χ3n) is 2.35. The Morgan fingerprint density at radius 1 is 1.30 bits per heavy atom. The molecule has 0 amide bonds. The third kappa shape index (κ3) is 4.36. The van der Waals surface area contributed by atoms with E-state index in [2.05, 4.69) is 20.0 Å². The topological polar surface area (TPSA) is 84.0 Å². The number of rotatable bonds is 5. The van der Waals surface area contributed by atoms with Crippen LogP contribution in [-0.2, 0) is 16.6 Å². The first kappa shape index (κ1) is 14.5. The van der Waals surface area contributed by atoms with Crippen molar-refractivity contribution in [2.75, 3.05) is 16.3 Å². The minimum Gasteiger partial charge on any atom is -0.378 e. The van der Waals surface area contributed by atoms with Gasteiger partial charge < -0.3 is 5.32 Å². The smallest absolute Gasteiger partial charge is 0.229 e. The maximum absolute atomic E-state index is 11.2. The fourth-order valence-electron chi connectivity index (χ4n) is 1.55. The lowest BCUT2D eigenvalue weighted by Crippen LogP contribution is -2.10. The second kappa shape index (κ2) is 6.06. The van der Waals surface area contributed by atoms with Crippen molar-refractivity contribution < 1.29 is 8.42 Å². The normalized spacial score (nSPS) is 11.1. The molecule has 0 fully saturated rings. The Bertz CT molecular complexity index is 692. The van der Waals surface area contributed by atoms with Gasteiger partial charge in [-0.05, 0) is 18.2 Å². The Morgan fingerprint density at radius 3 is 2.75 bits per heavy atom. The molecule has 0 saturated heterocycles. The van der Waals surface area contributed by atoms with Crippen molar-refractivity contribution in [3.05, 3.63) is 47.5 Å². The van der Waals surface area contributed by atoms with Crippen molar-refractivity contribution in [3.8, 4) is 0 Å². The van der Waals surface area contributed by atoms with E-state index in [1.807, 2.05) is 0 Å². The molecule has 0 atom stereocenters. The highest BCUT2D eigenvalue weighted by molar-refractivity contribution is 7.92. The number of aromatic nitrogens is 2. The molecule has 0 radical (unpaired) electrons. The summed E-state index contributed by atoms with van der Waals surface area (Å²) in [6.45, 7) is 0.440. The summed E-state index contributed by atoms with van der Waals surface area (Å²) in [4.78, 5) is 8.08. The Kier molecular flexibility index (Phi) is 4.41. The molecule has 8 heteroatoms. The van der Waals surface area contributed by atoms with Crippen LogP contribution < -0.4 is 10.0 Å². The fraction of sp³-hybridized carbons (Fsp3) is 0.167. The van der Waals surface area contributed by atoms with Crippen LogP contribution in [0.1, 0.15) is 5.69 Å². The van der Waals surface area contributed by atoms with E-state index in [9.17, 15) is 8.42 Å². The number of hydrogen-bond donors (Lipinski definition) is 2. The van der Waals surface area contributed by atoms with Crippen molar-refractivity contribution in [1.82, 2.24) is 9.97 Å². The Morgan fingerprint density at radius 2 is 2.10 bits per heavy atom. The van der Waals surface area contributed by atoms with Crippen molar-refractivity contribution in [1.29, 1.82) is 0 Å². The van der Waals surface area contributed by atoms with Crippen LogP contribution in [0.3, 0.4) is 0 Å². The van der Waals surface area contributed by atoms with E-state index in [1.165, 1.54) is 0 Å². The van der Waals surface area contributed by atoms with Crippen LogP contribution >= 0.6 is 11.6 Å². The van der Waals surface area contributed by atoms with Gasteiger partial charge in [0.2, 0.25) is 10.0 Å². The summed E-state index contributed by atoms with van der Waals surface area (Å²) in [6, 6.07) is 4.84. The highest BCUT2D eigenvalue weighted by atomic mass is 35.5. The molecule has 0 aliphatic heterocycles. The van der Waals surface area contributed by atoms with Gasteiger partial charge in [0.15, 0.2) is 0 Å². The zero-order valence-corrected chi connectivity index (χ0v) is 12.2. The van der Waals surface area contributed by atoms with Gasteiger partial charge in [-0.1, -0.05) is 11.6 Å². The predicted molar refractivity (Wildman–Crippen MR) is 79.3 cm³/mol. The number of anilines is 2. The van der Waals surface area contributed by atoms with E-state index in [4.69, 9.17) is 11.6 Å². The first-order valence-electron chi connectivity index (χ1n) is 5.70. The average Bonchev–Trinajstić information content (AvgIpc) is 2.39. The lowest BCUT2D eigenvalue weighted by atomic mass is 10.2.